The van der Waals surface area contributed by atoms with Gasteiger partial charge in [-0.2, -0.15) is 13.2 Å². The van der Waals surface area contributed by atoms with Crippen LogP contribution in [-0.4, -0.2) is 84.1 Å². The van der Waals surface area contributed by atoms with E-state index < -0.39 is 12.2 Å². The van der Waals surface area contributed by atoms with Crippen molar-refractivity contribution >= 4 is 5.96 Å². The molecular weight excluding hydrogens is 467 g/mol. The zero-order valence-electron chi connectivity index (χ0n) is 22.2. The Labute approximate surface area is 214 Å². The molecule has 10 heteroatoms. The average Bonchev–Trinajstić information content (AvgIpc) is 3.45. The van der Waals surface area contributed by atoms with Gasteiger partial charge in [0.1, 0.15) is 12.2 Å². The van der Waals surface area contributed by atoms with Crippen molar-refractivity contribution < 1.29 is 13.2 Å². The highest BCUT2D eigenvalue weighted by Gasteiger charge is 2.49. The molecule has 0 aromatic carbocycles. The van der Waals surface area contributed by atoms with E-state index in [0.717, 1.165) is 44.7 Å². The van der Waals surface area contributed by atoms with E-state index in [1.54, 1.807) is 0 Å². The second kappa shape index (κ2) is 10.6. The van der Waals surface area contributed by atoms with Crippen molar-refractivity contribution in [3.05, 3.63) is 0 Å². The SMILES string of the molecule is CC(C)C1CCCCC1C1NCC2C(N1)N(CC1CCC(N3CCC(C(F)(F)F)N3)CC1)C(=N)N2C. The lowest BCUT2D eigenvalue weighted by Crippen LogP contribution is -2.67. The molecule has 3 saturated heterocycles. The highest BCUT2D eigenvalue weighted by Crippen LogP contribution is 2.39. The number of rotatable bonds is 5. The summed E-state index contributed by atoms with van der Waals surface area (Å²) < 4.78 is 39.2. The van der Waals surface area contributed by atoms with Crippen molar-refractivity contribution in [2.75, 3.05) is 26.7 Å². The molecule has 2 aliphatic carbocycles. The molecule has 206 valence electrons. The summed E-state index contributed by atoms with van der Waals surface area (Å²) in [6, 6.07) is -0.965. The Balaban J connectivity index is 1.17. The molecule has 36 heavy (non-hydrogen) atoms. The molecule has 6 atom stereocenters. The lowest BCUT2D eigenvalue weighted by molar-refractivity contribution is -0.158. The van der Waals surface area contributed by atoms with Gasteiger partial charge in [-0.05, 0) is 68.6 Å². The maximum atomic E-state index is 13.1. The number of fused-ring (bicyclic) bond motifs is 1. The van der Waals surface area contributed by atoms with Crippen LogP contribution in [0.5, 0.6) is 0 Å². The van der Waals surface area contributed by atoms with Gasteiger partial charge >= 0.3 is 6.18 Å². The van der Waals surface area contributed by atoms with Crippen LogP contribution >= 0.6 is 0 Å². The van der Waals surface area contributed by atoms with Gasteiger partial charge in [0.2, 0.25) is 0 Å². The lowest BCUT2D eigenvalue weighted by atomic mass is 9.71. The predicted octanol–water partition coefficient (Wildman–Crippen LogP) is 3.54. The molecule has 3 aliphatic heterocycles. The van der Waals surface area contributed by atoms with Crippen LogP contribution in [0.4, 0.5) is 13.2 Å². The topological polar surface area (TPSA) is 69.7 Å². The van der Waals surface area contributed by atoms with Gasteiger partial charge in [0.05, 0.1) is 12.2 Å². The minimum atomic E-state index is -4.17. The minimum Gasteiger partial charge on any atom is -0.338 e. The van der Waals surface area contributed by atoms with Crippen molar-refractivity contribution in [1.82, 2.24) is 30.9 Å². The molecule has 6 unspecified atom stereocenters. The number of nitrogens with one attached hydrogen (secondary N) is 4. The molecule has 0 aromatic heterocycles. The number of likely N-dealkylation sites (N-methyl/N-ethyl adjacent to an activating group) is 1. The van der Waals surface area contributed by atoms with E-state index in [9.17, 15) is 13.2 Å². The third-order valence-corrected chi connectivity index (χ3v) is 9.95. The normalized spacial score (nSPS) is 40.8. The van der Waals surface area contributed by atoms with Crippen LogP contribution in [0.2, 0.25) is 0 Å². The number of hydrogen-bond acceptors (Lipinski definition) is 5. The Morgan fingerprint density at radius 2 is 1.75 bits per heavy atom. The summed E-state index contributed by atoms with van der Waals surface area (Å²) in [5.74, 6) is 3.12. The van der Waals surface area contributed by atoms with Gasteiger partial charge in [0, 0.05) is 32.7 Å². The second-order valence-electron chi connectivity index (χ2n) is 12.4. The molecule has 0 amide bonds. The fourth-order valence-electron chi connectivity index (χ4n) is 7.80. The highest BCUT2D eigenvalue weighted by molar-refractivity contribution is 5.80. The summed E-state index contributed by atoms with van der Waals surface area (Å²) in [4.78, 5) is 4.39. The van der Waals surface area contributed by atoms with Crippen LogP contribution in [0.1, 0.15) is 71.6 Å². The maximum absolute atomic E-state index is 13.1. The first-order valence-electron chi connectivity index (χ1n) is 14.3. The molecule has 3 heterocycles. The Bertz CT molecular complexity index is 769. The number of nitrogens with zero attached hydrogens (tertiary/aromatic N) is 3. The van der Waals surface area contributed by atoms with Crippen molar-refractivity contribution in [3.63, 3.8) is 0 Å². The third kappa shape index (κ3) is 5.24. The van der Waals surface area contributed by atoms with Gasteiger partial charge in [0.25, 0.3) is 0 Å². The Kier molecular flexibility index (Phi) is 7.79. The van der Waals surface area contributed by atoms with E-state index in [4.69, 9.17) is 5.41 Å². The van der Waals surface area contributed by atoms with Crippen molar-refractivity contribution in [2.24, 2.45) is 23.7 Å². The predicted molar refractivity (Wildman–Crippen MR) is 135 cm³/mol. The van der Waals surface area contributed by atoms with Crippen LogP contribution in [0, 0.1) is 29.1 Å². The van der Waals surface area contributed by atoms with Crippen molar-refractivity contribution in [2.45, 2.75) is 108 Å². The summed E-state index contributed by atoms with van der Waals surface area (Å²) >= 11 is 0. The van der Waals surface area contributed by atoms with Gasteiger partial charge in [-0.25, -0.2) is 10.4 Å². The number of guanidine groups is 1. The van der Waals surface area contributed by atoms with Crippen molar-refractivity contribution in [3.8, 4) is 0 Å². The summed E-state index contributed by atoms with van der Waals surface area (Å²) in [5.41, 5.74) is 2.73. The summed E-state index contributed by atoms with van der Waals surface area (Å²) in [5, 5.41) is 18.5. The summed E-state index contributed by atoms with van der Waals surface area (Å²) in [6.45, 7) is 6.94. The number of alkyl halides is 3. The molecule has 2 saturated carbocycles. The van der Waals surface area contributed by atoms with Gasteiger partial charge < -0.3 is 9.80 Å². The first-order valence-corrected chi connectivity index (χ1v) is 14.3. The first kappa shape index (κ1) is 26.5. The van der Waals surface area contributed by atoms with E-state index in [1.165, 1.54) is 25.7 Å². The molecule has 7 nitrogen and oxygen atoms in total. The smallest absolute Gasteiger partial charge is 0.338 e. The standard InChI is InChI=1S/C26H46F3N7/c1-16(2)19-6-4-5-7-20(19)23-31-14-21-24(32-23)35(25(30)34(21)3)15-17-8-10-18(11-9-17)36-13-12-22(33-36)26(27,28)29/h16-24,30-33H,4-15H2,1-3H3. The maximum Gasteiger partial charge on any atom is 0.405 e. The highest BCUT2D eigenvalue weighted by atomic mass is 19.4. The van der Waals surface area contributed by atoms with E-state index in [-0.39, 0.29) is 24.7 Å². The monoisotopic (exact) mass is 513 g/mol. The molecule has 5 aliphatic rings. The Morgan fingerprint density at radius 3 is 2.42 bits per heavy atom. The fourth-order valence-corrected chi connectivity index (χ4v) is 7.80. The quantitative estimate of drug-likeness (QED) is 0.451. The van der Waals surface area contributed by atoms with Crippen LogP contribution in [-0.2, 0) is 0 Å². The largest absolute Gasteiger partial charge is 0.405 e. The molecule has 0 bridgehead atoms. The van der Waals surface area contributed by atoms with E-state index in [1.807, 2.05) is 12.1 Å². The van der Waals surface area contributed by atoms with Crippen LogP contribution < -0.4 is 16.1 Å². The van der Waals surface area contributed by atoms with E-state index in [0.29, 0.717) is 36.4 Å². The van der Waals surface area contributed by atoms with Crippen LogP contribution in [0.15, 0.2) is 0 Å². The van der Waals surface area contributed by atoms with Gasteiger partial charge in [-0.1, -0.05) is 26.7 Å². The lowest BCUT2D eigenvalue weighted by Gasteiger charge is -2.46. The van der Waals surface area contributed by atoms with Crippen LogP contribution in [0.25, 0.3) is 0 Å². The molecule has 0 aromatic rings. The first-order chi connectivity index (χ1) is 17.1. The molecular formula is C26H46F3N7. The average molecular weight is 514 g/mol. The number of halogens is 3. The van der Waals surface area contributed by atoms with Gasteiger partial charge in [-0.3, -0.25) is 16.0 Å². The van der Waals surface area contributed by atoms with Gasteiger partial charge in [0.15, 0.2) is 5.96 Å². The molecule has 0 spiro atoms. The molecule has 0 radical (unpaired) electrons. The Morgan fingerprint density at radius 1 is 1.03 bits per heavy atom. The molecule has 5 fully saturated rings. The summed E-state index contributed by atoms with van der Waals surface area (Å²) in [7, 11) is 2.04. The van der Waals surface area contributed by atoms with Crippen LogP contribution in [0.3, 0.4) is 0 Å². The molecule has 4 N–H and O–H groups in total. The summed E-state index contributed by atoms with van der Waals surface area (Å²) in [6.07, 6.45) is 5.48. The van der Waals surface area contributed by atoms with Crippen molar-refractivity contribution in [1.29, 1.82) is 5.41 Å². The third-order valence-electron chi connectivity index (χ3n) is 9.95. The zero-order valence-corrected chi connectivity index (χ0v) is 22.2. The Hall–Kier alpha value is -1.10. The second-order valence-corrected chi connectivity index (χ2v) is 12.4. The fraction of sp³-hybridized carbons (Fsp3) is 0.962. The zero-order chi connectivity index (χ0) is 25.6. The van der Waals surface area contributed by atoms with Gasteiger partial charge in [-0.15, -0.1) is 0 Å². The number of hydrogen-bond donors (Lipinski definition) is 4. The van der Waals surface area contributed by atoms with E-state index in [2.05, 4.69) is 39.7 Å². The minimum absolute atomic E-state index is 0.142. The molecule has 5 rings (SSSR count). The van der Waals surface area contributed by atoms with E-state index >= 15 is 0 Å². The number of hydrazine groups is 1.